The van der Waals surface area contributed by atoms with Crippen LogP contribution in [-0.2, 0) is 0 Å². The van der Waals surface area contributed by atoms with Crippen LogP contribution >= 0.6 is 0 Å². The summed E-state index contributed by atoms with van der Waals surface area (Å²) in [7, 11) is 0. The van der Waals surface area contributed by atoms with Crippen LogP contribution in [0, 0.1) is 45.4 Å². The summed E-state index contributed by atoms with van der Waals surface area (Å²) in [5.41, 5.74) is 12.3. The van der Waals surface area contributed by atoms with Crippen molar-refractivity contribution >= 4 is 0 Å². The largest absolute Gasteiger partial charge is 0.0776 e. The molecule has 0 N–H and O–H groups in total. The Hall–Kier alpha value is -3.12. The fourth-order valence-electron chi connectivity index (χ4n) is 12.4. The quantitative estimate of drug-likeness (QED) is 0.187. The summed E-state index contributed by atoms with van der Waals surface area (Å²) in [6.07, 6.45) is 33.4. The van der Waals surface area contributed by atoms with Gasteiger partial charge in [0.25, 0.3) is 0 Å². The SMILES string of the molecule is C.C.C.C.C.C.C.C.C.CC1CCCC1C1CCCC1.Cc1ccccc1C1CCCC1.Cc1ccccc1C1CCCC1.Cc1ccccc1C1CCCC1.Cc1ccccc1C1CCCC1. The highest BCUT2D eigenvalue weighted by Gasteiger charge is 2.32. The smallest absolute Gasteiger partial charge is 0.0159 e. The van der Waals surface area contributed by atoms with Crippen LogP contribution in [0.25, 0.3) is 0 Å². The predicted molar refractivity (Wildman–Crippen MR) is 319 cm³/mol. The lowest BCUT2D eigenvalue weighted by Crippen LogP contribution is -2.13. The molecule has 0 heteroatoms. The molecule has 6 aliphatic rings. The first-order valence-corrected chi connectivity index (χ1v) is 25.1. The van der Waals surface area contributed by atoms with E-state index in [0.29, 0.717) is 0 Å². The van der Waals surface area contributed by atoms with Gasteiger partial charge in [-0.3, -0.25) is 0 Å². The maximum atomic E-state index is 2.47. The molecular formula is C68H120. The third-order valence-electron chi connectivity index (χ3n) is 15.9. The summed E-state index contributed by atoms with van der Waals surface area (Å²) in [5, 5.41) is 0. The minimum atomic E-state index is 0. The highest BCUT2D eigenvalue weighted by atomic mass is 14.4. The zero-order chi connectivity index (χ0) is 41.2. The van der Waals surface area contributed by atoms with Gasteiger partial charge in [0, 0.05) is 0 Å². The second kappa shape index (κ2) is 38.6. The lowest BCUT2D eigenvalue weighted by molar-refractivity contribution is 0.280. The van der Waals surface area contributed by atoms with Crippen LogP contribution in [0.15, 0.2) is 97.1 Å². The van der Waals surface area contributed by atoms with E-state index in [2.05, 4.69) is 132 Å². The van der Waals surface area contributed by atoms with Gasteiger partial charge in [-0.05, 0) is 171 Å². The van der Waals surface area contributed by atoms with Gasteiger partial charge in [0.1, 0.15) is 0 Å². The average Bonchev–Trinajstić information content (AvgIpc) is 4.11. The topological polar surface area (TPSA) is 0 Å². The summed E-state index contributed by atoms with van der Waals surface area (Å²) < 4.78 is 0. The minimum Gasteiger partial charge on any atom is -0.0776 e. The number of rotatable bonds is 5. The summed E-state index contributed by atoms with van der Waals surface area (Å²) in [6, 6.07) is 35.3. The number of benzene rings is 4. The van der Waals surface area contributed by atoms with Gasteiger partial charge in [0.15, 0.2) is 0 Å². The maximum absolute atomic E-state index is 2.47. The molecule has 0 saturated heterocycles. The molecule has 0 aliphatic heterocycles. The predicted octanol–water partition coefficient (Wildman–Crippen LogP) is 23.9. The third-order valence-corrected chi connectivity index (χ3v) is 15.9. The van der Waals surface area contributed by atoms with Crippen molar-refractivity contribution in [3.63, 3.8) is 0 Å². The van der Waals surface area contributed by atoms with Gasteiger partial charge in [-0.25, -0.2) is 0 Å². The van der Waals surface area contributed by atoms with Gasteiger partial charge in [0.05, 0.1) is 0 Å². The molecule has 0 spiro atoms. The van der Waals surface area contributed by atoms with Gasteiger partial charge in [-0.15, -0.1) is 0 Å². The zero-order valence-electron chi connectivity index (χ0n) is 38.5. The molecule has 0 amide bonds. The molecular weight excluding hydrogens is 817 g/mol. The summed E-state index contributed by atoms with van der Waals surface area (Å²) in [5.74, 6) is 6.78. The molecule has 392 valence electrons. The average molecular weight is 938 g/mol. The van der Waals surface area contributed by atoms with Crippen molar-refractivity contribution in [1.29, 1.82) is 0 Å². The molecule has 68 heavy (non-hydrogen) atoms. The van der Waals surface area contributed by atoms with E-state index in [1.807, 2.05) is 0 Å². The van der Waals surface area contributed by atoms with E-state index >= 15 is 0 Å². The van der Waals surface area contributed by atoms with Crippen molar-refractivity contribution in [3.8, 4) is 0 Å². The van der Waals surface area contributed by atoms with E-state index in [4.69, 9.17) is 0 Å². The highest BCUT2D eigenvalue weighted by Crippen LogP contribution is 2.44. The van der Waals surface area contributed by atoms with E-state index in [-0.39, 0.29) is 66.8 Å². The van der Waals surface area contributed by atoms with Crippen molar-refractivity contribution in [1.82, 2.24) is 0 Å². The highest BCUT2D eigenvalue weighted by molar-refractivity contribution is 5.32. The Morgan fingerprint density at radius 3 is 0.691 bits per heavy atom. The fraction of sp³-hybridized carbons (Fsp3) is 0.647. The molecule has 10 rings (SSSR count). The Bertz CT molecular complexity index is 1520. The minimum absolute atomic E-state index is 0. The van der Waals surface area contributed by atoms with E-state index in [1.54, 1.807) is 41.5 Å². The molecule has 0 radical (unpaired) electrons. The van der Waals surface area contributed by atoms with Crippen LogP contribution in [0.1, 0.15) is 290 Å². The molecule has 4 aromatic rings. The summed E-state index contributed by atoms with van der Waals surface area (Å²) >= 11 is 0. The molecule has 0 bridgehead atoms. The fourth-order valence-corrected chi connectivity index (χ4v) is 12.4. The van der Waals surface area contributed by atoms with Gasteiger partial charge in [-0.2, -0.15) is 0 Å². The second-order valence-electron chi connectivity index (χ2n) is 20.0. The van der Waals surface area contributed by atoms with Crippen LogP contribution in [-0.4, -0.2) is 0 Å². The van der Waals surface area contributed by atoms with Crippen LogP contribution in [0.4, 0.5) is 0 Å². The van der Waals surface area contributed by atoms with Gasteiger partial charge >= 0.3 is 0 Å². The standard InChI is InChI=1S/4C12H16.C11H20.9CH4/c4*1-10-6-2-5-9-12(10)11-7-3-4-8-11;1-9-5-4-8-11(9)10-6-2-3-7-10;;;;;;;;;/h4*2,5-6,9,11H,3-4,7-8H2,1H3;9-11H,2-8H2,1H3;9*1H4. The van der Waals surface area contributed by atoms with Crippen LogP contribution < -0.4 is 0 Å². The van der Waals surface area contributed by atoms with Crippen molar-refractivity contribution in [2.24, 2.45) is 17.8 Å². The number of hydrogen-bond acceptors (Lipinski definition) is 0. The van der Waals surface area contributed by atoms with Crippen molar-refractivity contribution in [2.75, 3.05) is 0 Å². The second-order valence-corrected chi connectivity index (χ2v) is 20.0. The summed E-state index contributed by atoms with van der Waals surface area (Å²) in [6.45, 7) is 11.4. The Morgan fingerprint density at radius 1 is 0.265 bits per heavy atom. The lowest BCUT2D eigenvalue weighted by Gasteiger charge is -2.22. The Morgan fingerprint density at radius 2 is 0.485 bits per heavy atom. The molecule has 6 saturated carbocycles. The van der Waals surface area contributed by atoms with Crippen LogP contribution in [0.3, 0.4) is 0 Å². The van der Waals surface area contributed by atoms with Gasteiger partial charge in [-0.1, -0.05) is 261 Å². The molecule has 6 aliphatic carbocycles. The van der Waals surface area contributed by atoms with Crippen molar-refractivity contribution in [2.45, 2.75) is 273 Å². The molecule has 4 aromatic carbocycles. The first-order chi connectivity index (χ1) is 28.9. The number of aryl methyl sites for hydroxylation is 4. The van der Waals surface area contributed by atoms with Crippen molar-refractivity contribution < 1.29 is 0 Å². The van der Waals surface area contributed by atoms with Gasteiger partial charge < -0.3 is 0 Å². The Balaban J connectivity index is -0.000000365. The zero-order valence-corrected chi connectivity index (χ0v) is 38.5. The molecule has 0 aromatic heterocycles. The summed E-state index contributed by atoms with van der Waals surface area (Å²) in [4.78, 5) is 0. The normalized spacial score (nSPS) is 19.5. The lowest BCUT2D eigenvalue weighted by atomic mass is 9.84. The van der Waals surface area contributed by atoms with Crippen LogP contribution in [0.2, 0.25) is 0 Å². The van der Waals surface area contributed by atoms with Crippen LogP contribution in [0.5, 0.6) is 0 Å². The molecule has 2 unspecified atom stereocenters. The van der Waals surface area contributed by atoms with E-state index < -0.39 is 0 Å². The van der Waals surface area contributed by atoms with E-state index in [9.17, 15) is 0 Å². The number of hydrogen-bond donors (Lipinski definition) is 0. The van der Waals surface area contributed by atoms with Gasteiger partial charge in [0.2, 0.25) is 0 Å². The molecule has 2 atom stereocenters. The van der Waals surface area contributed by atoms with Crippen molar-refractivity contribution in [3.05, 3.63) is 142 Å². The van der Waals surface area contributed by atoms with E-state index in [1.165, 1.54) is 151 Å². The van der Waals surface area contributed by atoms with E-state index in [0.717, 1.165) is 41.4 Å². The third kappa shape index (κ3) is 21.5. The first-order valence-electron chi connectivity index (χ1n) is 25.1. The molecule has 6 fully saturated rings. The molecule has 0 nitrogen and oxygen atoms in total. The Labute approximate surface area is 430 Å². The monoisotopic (exact) mass is 937 g/mol. The molecule has 0 heterocycles. The maximum Gasteiger partial charge on any atom is -0.0159 e. The first kappa shape index (κ1) is 71.4. The Kier molecular flexibility index (Phi) is 40.6.